The van der Waals surface area contributed by atoms with Crippen LogP contribution >= 0.6 is 11.3 Å². The van der Waals surface area contributed by atoms with E-state index in [0.717, 1.165) is 74.4 Å². The van der Waals surface area contributed by atoms with Gasteiger partial charge >= 0.3 is 0 Å². The van der Waals surface area contributed by atoms with E-state index < -0.39 is 0 Å². The third-order valence-electron chi connectivity index (χ3n) is 6.61. The molecule has 5 rings (SSSR count). The first-order valence-electron chi connectivity index (χ1n) is 11.3. The van der Waals surface area contributed by atoms with Crippen LogP contribution in [0.25, 0.3) is 10.2 Å². The van der Waals surface area contributed by atoms with Crippen molar-refractivity contribution in [2.75, 3.05) is 44.2 Å². The molecule has 0 spiro atoms. The standard InChI is InChI=1S/C24H31N5OS/c1-17-18(2)31-24-22(17)23(25-21(26-24)16-27-8-3-4-9-27)29-12-10-28(11-13-29)15-19-6-5-7-20(30)14-19/h5-7,14,30H,3-4,8-13,15-16H2,1-2H3. The van der Waals surface area contributed by atoms with Gasteiger partial charge in [-0.05, 0) is 63.0 Å². The topological polar surface area (TPSA) is 55.7 Å². The molecule has 2 aliphatic heterocycles. The largest absolute Gasteiger partial charge is 0.508 e. The van der Waals surface area contributed by atoms with Crippen LogP contribution in [0.3, 0.4) is 0 Å². The van der Waals surface area contributed by atoms with E-state index in [2.05, 4.69) is 34.6 Å². The van der Waals surface area contributed by atoms with Crippen molar-refractivity contribution in [1.29, 1.82) is 0 Å². The van der Waals surface area contributed by atoms with Crippen LogP contribution in [0.5, 0.6) is 5.75 Å². The molecule has 0 unspecified atom stereocenters. The highest BCUT2D eigenvalue weighted by Crippen LogP contribution is 2.35. The van der Waals surface area contributed by atoms with E-state index in [1.54, 1.807) is 17.4 Å². The van der Waals surface area contributed by atoms with E-state index >= 15 is 0 Å². The van der Waals surface area contributed by atoms with Gasteiger partial charge in [0.05, 0.1) is 11.9 Å². The molecule has 6 nitrogen and oxygen atoms in total. The van der Waals surface area contributed by atoms with Crippen molar-refractivity contribution < 1.29 is 5.11 Å². The molecule has 2 aliphatic rings. The van der Waals surface area contributed by atoms with Crippen molar-refractivity contribution in [3.05, 3.63) is 46.1 Å². The number of fused-ring (bicyclic) bond motifs is 1. The lowest BCUT2D eigenvalue weighted by Gasteiger charge is -2.36. The zero-order valence-corrected chi connectivity index (χ0v) is 19.3. The van der Waals surface area contributed by atoms with Crippen molar-refractivity contribution in [2.45, 2.75) is 39.8 Å². The van der Waals surface area contributed by atoms with Gasteiger partial charge in [-0.2, -0.15) is 0 Å². The minimum Gasteiger partial charge on any atom is -0.508 e. The number of nitrogens with zero attached hydrogens (tertiary/aromatic N) is 5. The van der Waals surface area contributed by atoms with Gasteiger partial charge in [-0.3, -0.25) is 9.80 Å². The molecule has 0 aliphatic carbocycles. The maximum atomic E-state index is 9.75. The molecule has 0 amide bonds. The Morgan fingerprint density at radius 3 is 2.42 bits per heavy atom. The monoisotopic (exact) mass is 437 g/mol. The van der Waals surface area contributed by atoms with Crippen LogP contribution in [0.15, 0.2) is 24.3 Å². The first-order chi connectivity index (χ1) is 15.1. The number of phenolic OH excluding ortho intramolecular Hbond substituents is 1. The van der Waals surface area contributed by atoms with Gasteiger partial charge in [0.1, 0.15) is 22.2 Å². The van der Waals surface area contributed by atoms with Crippen molar-refractivity contribution in [3.63, 3.8) is 0 Å². The van der Waals surface area contributed by atoms with Gasteiger partial charge in [0, 0.05) is 37.6 Å². The zero-order chi connectivity index (χ0) is 21.4. The molecule has 0 radical (unpaired) electrons. The molecule has 4 heterocycles. The molecule has 0 bridgehead atoms. The lowest BCUT2D eigenvalue weighted by molar-refractivity contribution is 0.249. The van der Waals surface area contributed by atoms with Gasteiger partial charge in [0.25, 0.3) is 0 Å². The molecule has 7 heteroatoms. The van der Waals surface area contributed by atoms with Gasteiger partial charge in [0.2, 0.25) is 0 Å². The maximum Gasteiger partial charge on any atom is 0.146 e. The van der Waals surface area contributed by atoms with Gasteiger partial charge in [-0.1, -0.05) is 12.1 Å². The summed E-state index contributed by atoms with van der Waals surface area (Å²) in [6.07, 6.45) is 2.57. The van der Waals surface area contributed by atoms with E-state index in [1.807, 2.05) is 12.1 Å². The summed E-state index contributed by atoms with van der Waals surface area (Å²) >= 11 is 1.80. The molecule has 2 saturated heterocycles. The summed E-state index contributed by atoms with van der Waals surface area (Å²) in [5.41, 5.74) is 2.49. The van der Waals surface area contributed by atoms with Gasteiger partial charge in [-0.25, -0.2) is 9.97 Å². The number of thiophene rings is 1. The van der Waals surface area contributed by atoms with Crippen molar-refractivity contribution >= 4 is 27.4 Å². The average molecular weight is 438 g/mol. The van der Waals surface area contributed by atoms with E-state index in [4.69, 9.17) is 9.97 Å². The van der Waals surface area contributed by atoms with E-state index in [-0.39, 0.29) is 0 Å². The second kappa shape index (κ2) is 8.73. The number of aromatic hydroxyl groups is 1. The summed E-state index contributed by atoms with van der Waals surface area (Å²) in [5, 5.41) is 11.0. The predicted octanol–water partition coefficient (Wildman–Crippen LogP) is 3.93. The summed E-state index contributed by atoms with van der Waals surface area (Å²) in [6, 6.07) is 7.60. The Morgan fingerprint density at radius 2 is 1.68 bits per heavy atom. The summed E-state index contributed by atoms with van der Waals surface area (Å²) in [5.74, 6) is 2.43. The number of rotatable bonds is 5. The van der Waals surface area contributed by atoms with Gasteiger partial charge < -0.3 is 10.0 Å². The number of anilines is 1. The first-order valence-corrected chi connectivity index (χ1v) is 12.1. The molecule has 0 atom stereocenters. The molecule has 31 heavy (non-hydrogen) atoms. The predicted molar refractivity (Wildman–Crippen MR) is 127 cm³/mol. The Hall–Kier alpha value is -2.22. The SMILES string of the molecule is Cc1sc2nc(CN3CCCC3)nc(N3CCN(Cc4cccc(O)c4)CC3)c2c1C. The second-order valence-corrected chi connectivity index (χ2v) is 10.0. The fourth-order valence-corrected chi connectivity index (χ4v) is 5.79. The number of aryl methyl sites for hydroxylation is 2. The van der Waals surface area contributed by atoms with Crippen molar-refractivity contribution in [2.24, 2.45) is 0 Å². The minimum atomic E-state index is 0.341. The fraction of sp³-hybridized carbons (Fsp3) is 0.500. The highest BCUT2D eigenvalue weighted by molar-refractivity contribution is 7.18. The molecule has 1 N–H and O–H groups in total. The van der Waals surface area contributed by atoms with Crippen LogP contribution in [0.4, 0.5) is 5.82 Å². The normalized spacial score (nSPS) is 18.3. The number of hydrogen-bond donors (Lipinski definition) is 1. The van der Waals surface area contributed by atoms with Crippen LogP contribution in [-0.4, -0.2) is 64.1 Å². The Labute approximate surface area is 188 Å². The summed E-state index contributed by atoms with van der Waals surface area (Å²) in [4.78, 5) is 19.9. The molecule has 1 aromatic carbocycles. The molecule has 0 saturated carbocycles. The third kappa shape index (κ3) is 4.40. The quantitative estimate of drug-likeness (QED) is 0.653. The highest BCUT2D eigenvalue weighted by atomic mass is 32.1. The molecular formula is C24H31N5OS. The number of piperazine rings is 1. The fourth-order valence-electron chi connectivity index (χ4n) is 4.74. The number of likely N-dealkylation sites (tertiary alicyclic amines) is 1. The Kier molecular flexibility index (Phi) is 5.82. The van der Waals surface area contributed by atoms with Crippen molar-refractivity contribution in [1.82, 2.24) is 19.8 Å². The second-order valence-electron chi connectivity index (χ2n) is 8.84. The highest BCUT2D eigenvalue weighted by Gasteiger charge is 2.24. The average Bonchev–Trinajstić information content (AvgIpc) is 3.36. The first kappa shape index (κ1) is 20.7. The zero-order valence-electron chi connectivity index (χ0n) is 18.5. The summed E-state index contributed by atoms with van der Waals surface area (Å²) < 4.78 is 0. The lowest BCUT2D eigenvalue weighted by Crippen LogP contribution is -2.46. The lowest BCUT2D eigenvalue weighted by atomic mass is 10.1. The van der Waals surface area contributed by atoms with Crippen LogP contribution in [0.2, 0.25) is 0 Å². The van der Waals surface area contributed by atoms with Gasteiger partial charge in [-0.15, -0.1) is 11.3 Å². The van der Waals surface area contributed by atoms with Crippen LogP contribution in [0.1, 0.15) is 34.7 Å². The van der Waals surface area contributed by atoms with Crippen LogP contribution in [-0.2, 0) is 13.1 Å². The Balaban J connectivity index is 1.36. The smallest absolute Gasteiger partial charge is 0.146 e. The van der Waals surface area contributed by atoms with Crippen LogP contribution in [0, 0.1) is 13.8 Å². The summed E-state index contributed by atoms with van der Waals surface area (Å²) in [7, 11) is 0. The number of hydrogen-bond acceptors (Lipinski definition) is 7. The van der Waals surface area contributed by atoms with Crippen LogP contribution < -0.4 is 4.90 Å². The molecule has 3 aromatic rings. The molecular weight excluding hydrogens is 406 g/mol. The molecule has 2 fully saturated rings. The van der Waals surface area contributed by atoms with E-state index in [0.29, 0.717) is 5.75 Å². The summed E-state index contributed by atoms with van der Waals surface area (Å²) in [6.45, 7) is 12.4. The minimum absolute atomic E-state index is 0.341. The van der Waals surface area contributed by atoms with E-state index in [1.165, 1.54) is 28.7 Å². The molecule has 2 aromatic heterocycles. The van der Waals surface area contributed by atoms with Crippen molar-refractivity contribution in [3.8, 4) is 5.75 Å². The van der Waals surface area contributed by atoms with E-state index in [9.17, 15) is 5.11 Å². The number of aromatic nitrogens is 2. The van der Waals surface area contributed by atoms with Gasteiger partial charge in [0.15, 0.2) is 0 Å². The molecule has 164 valence electrons. The third-order valence-corrected chi connectivity index (χ3v) is 7.71. The maximum absolute atomic E-state index is 9.75. The Bertz CT molecular complexity index is 1070. The number of phenols is 1. The number of benzene rings is 1. The Morgan fingerprint density at radius 1 is 0.935 bits per heavy atom.